The molecule has 0 heterocycles. The van der Waals surface area contributed by atoms with E-state index in [1.807, 2.05) is 13.8 Å². The molecule has 0 aliphatic carbocycles. The Hall–Kier alpha value is -0.450. The molecule has 7 heteroatoms. The standard InChI is InChI=1S/C11H16Cl3NO3/c1-4-15(5-2)7-8(10(17)18-6-3)9(16)11(12,13)14/h7H,4-6H2,1-3H3. The van der Waals surface area contributed by atoms with Crippen molar-refractivity contribution in [1.29, 1.82) is 0 Å². The second-order valence-corrected chi connectivity index (χ2v) is 5.59. The number of halogens is 3. The van der Waals surface area contributed by atoms with Gasteiger partial charge in [-0.3, -0.25) is 4.79 Å². The number of hydrogen-bond donors (Lipinski definition) is 0. The van der Waals surface area contributed by atoms with Crippen LogP contribution in [0.5, 0.6) is 0 Å². The van der Waals surface area contributed by atoms with Gasteiger partial charge >= 0.3 is 5.97 Å². The zero-order chi connectivity index (χ0) is 14.3. The molecule has 0 spiro atoms. The molecular weight excluding hydrogens is 300 g/mol. The Kier molecular flexibility index (Phi) is 7.67. The number of hydrogen-bond acceptors (Lipinski definition) is 4. The highest BCUT2D eigenvalue weighted by Crippen LogP contribution is 2.30. The number of ether oxygens (including phenoxy) is 1. The van der Waals surface area contributed by atoms with Gasteiger partial charge in [-0.05, 0) is 20.8 Å². The highest BCUT2D eigenvalue weighted by Gasteiger charge is 2.37. The molecule has 0 aromatic rings. The predicted molar refractivity (Wildman–Crippen MR) is 72.9 cm³/mol. The van der Waals surface area contributed by atoms with Crippen molar-refractivity contribution in [2.24, 2.45) is 0 Å². The molecule has 0 aliphatic rings. The maximum Gasteiger partial charge on any atom is 0.343 e. The van der Waals surface area contributed by atoms with Gasteiger partial charge in [0.25, 0.3) is 3.79 Å². The quantitative estimate of drug-likeness (QED) is 0.248. The Bertz CT molecular complexity index is 333. The smallest absolute Gasteiger partial charge is 0.343 e. The minimum Gasteiger partial charge on any atom is -0.462 e. The van der Waals surface area contributed by atoms with Crippen molar-refractivity contribution in [2.45, 2.75) is 24.6 Å². The van der Waals surface area contributed by atoms with E-state index in [1.54, 1.807) is 11.8 Å². The van der Waals surface area contributed by atoms with Crippen LogP contribution in [0.3, 0.4) is 0 Å². The number of carbonyl (C=O) groups excluding carboxylic acids is 2. The molecule has 0 fully saturated rings. The van der Waals surface area contributed by atoms with Crippen molar-refractivity contribution in [2.75, 3.05) is 19.7 Å². The van der Waals surface area contributed by atoms with Crippen LogP contribution >= 0.6 is 34.8 Å². The Morgan fingerprint density at radius 3 is 2.00 bits per heavy atom. The number of nitrogens with zero attached hydrogens (tertiary/aromatic N) is 1. The van der Waals surface area contributed by atoms with Gasteiger partial charge in [0.05, 0.1) is 6.61 Å². The summed E-state index contributed by atoms with van der Waals surface area (Å²) in [7, 11) is 0. The van der Waals surface area contributed by atoms with E-state index in [1.165, 1.54) is 6.20 Å². The molecule has 0 aromatic carbocycles. The summed E-state index contributed by atoms with van der Waals surface area (Å²) in [5.41, 5.74) is -0.263. The lowest BCUT2D eigenvalue weighted by molar-refractivity contribution is -0.140. The lowest BCUT2D eigenvalue weighted by atomic mass is 10.2. The third-order valence-electron chi connectivity index (χ3n) is 2.12. The van der Waals surface area contributed by atoms with E-state index in [2.05, 4.69) is 0 Å². The number of alkyl halides is 3. The van der Waals surface area contributed by atoms with Crippen molar-refractivity contribution in [1.82, 2.24) is 4.90 Å². The van der Waals surface area contributed by atoms with Gasteiger partial charge in [0.15, 0.2) is 0 Å². The minimum atomic E-state index is -2.17. The van der Waals surface area contributed by atoms with Crippen LogP contribution in [-0.4, -0.2) is 40.1 Å². The molecular formula is C11H16Cl3NO3. The number of esters is 1. The first-order valence-corrected chi connectivity index (χ1v) is 6.65. The van der Waals surface area contributed by atoms with Gasteiger partial charge in [0.1, 0.15) is 5.57 Å². The minimum absolute atomic E-state index is 0.140. The van der Waals surface area contributed by atoms with Crippen LogP contribution in [0.2, 0.25) is 0 Å². The fourth-order valence-corrected chi connectivity index (χ4v) is 1.46. The number of rotatable bonds is 6. The molecule has 0 bridgehead atoms. The average Bonchev–Trinajstić information content (AvgIpc) is 2.29. The van der Waals surface area contributed by atoms with Crippen molar-refractivity contribution >= 4 is 46.6 Å². The van der Waals surface area contributed by atoms with E-state index in [0.29, 0.717) is 13.1 Å². The lowest BCUT2D eigenvalue weighted by Gasteiger charge is -2.18. The van der Waals surface area contributed by atoms with E-state index in [4.69, 9.17) is 39.5 Å². The monoisotopic (exact) mass is 315 g/mol. The van der Waals surface area contributed by atoms with Crippen LogP contribution in [0.4, 0.5) is 0 Å². The highest BCUT2D eigenvalue weighted by molar-refractivity contribution is 6.78. The first kappa shape index (κ1) is 17.6. The predicted octanol–water partition coefficient (Wildman–Crippen LogP) is 2.71. The summed E-state index contributed by atoms with van der Waals surface area (Å²) in [6.07, 6.45) is 1.36. The molecule has 18 heavy (non-hydrogen) atoms. The molecule has 0 saturated heterocycles. The lowest BCUT2D eigenvalue weighted by Crippen LogP contribution is -2.29. The molecule has 0 amide bonds. The SMILES string of the molecule is CCOC(=O)C(=CN(CC)CC)C(=O)C(Cl)(Cl)Cl. The second kappa shape index (κ2) is 7.87. The van der Waals surface area contributed by atoms with Gasteiger partial charge in [-0.15, -0.1) is 0 Å². The first-order valence-electron chi connectivity index (χ1n) is 5.52. The summed E-state index contributed by atoms with van der Waals surface area (Å²) in [5, 5.41) is 0. The van der Waals surface area contributed by atoms with Gasteiger partial charge in [-0.1, -0.05) is 34.8 Å². The Morgan fingerprint density at radius 1 is 1.17 bits per heavy atom. The van der Waals surface area contributed by atoms with Crippen LogP contribution in [0.25, 0.3) is 0 Å². The van der Waals surface area contributed by atoms with E-state index in [0.717, 1.165) is 0 Å². The van der Waals surface area contributed by atoms with E-state index >= 15 is 0 Å². The summed E-state index contributed by atoms with van der Waals surface area (Å²) in [6.45, 7) is 6.76. The Morgan fingerprint density at radius 2 is 1.67 bits per heavy atom. The fourth-order valence-electron chi connectivity index (χ4n) is 1.15. The number of ketones is 1. The van der Waals surface area contributed by atoms with Crippen LogP contribution in [0.1, 0.15) is 20.8 Å². The average molecular weight is 317 g/mol. The number of Topliss-reactive ketones (excluding diaryl/α,β-unsaturated/α-hetero) is 1. The summed E-state index contributed by atoms with van der Waals surface area (Å²) in [6, 6.07) is 0. The summed E-state index contributed by atoms with van der Waals surface area (Å²) >= 11 is 16.5. The van der Waals surface area contributed by atoms with Crippen LogP contribution in [-0.2, 0) is 14.3 Å². The second-order valence-electron chi connectivity index (χ2n) is 3.31. The largest absolute Gasteiger partial charge is 0.462 e. The molecule has 0 aromatic heterocycles. The zero-order valence-corrected chi connectivity index (χ0v) is 12.8. The van der Waals surface area contributed by atoms with Gasteiger partial charge in [-0.2, -0.15) is 0 Å². The third-order valence-corrected chi connectivity index (χ3v) is 2.64. The van der Waals surface area contributed by atoms with Gasteiger partial charge in [0, 0.05) is 19.3 Å². The molecule has 0 atom stereocenters. The Balaban J connectivity index is 5.30. The topological polar surface area (TPSA) is 46.6 Å². The maximum atomic E-state index is 11.9. The normalized spacial score (nSPS) is 12.2. The van der Waals surface area contributed by atoms with Crippen molar-refractivity contribution in [3.8, 4) is 0 Å². The van der Waals surface area contributed by atoms with Gasteiger partial charge in [0.2, 0.25) is 5.78 Å². The highest BCUT2D eigenvalue weighted by atomic mass is 35.6. The number of carbonyl (C=O) groups is 2. The molecule has 0 unspecified atom stereocenters. The molecule has 104 valence electrons. The van der Waals surface area contributed by atoms with Crippen LogP contribution in [0.15, 0.2) is 11.8 Å². The van der Waals surface area contributed by atoms with E-state index in [9.17, 15) is 9.59 Å². The summed E-state index contributed by atoms with van der Waals surface area (Å²) in [5.74, 6) is -1.68. The van der Waals surface area contributed by atoms with Crippen molar-refractivity contribution in [3.63, 3.8) is 0 Å². The van der Waals surface area contributed by atoms with Crippen molar-refractivity contribution < 1.29 is 14.3 Å². The molecule has 0 N–H and O–H groups in total. The molecule has 0 radical (unpaired) electrons. The maximum absolute atomic E-state index is 11.9. The summed E-state index contributed by atoms with van der Waals surface area (Å²) < 4.78 is 2.60. The van der Waals surface area contributed by atoms with Crippen LogP contribution < -0.4 is 0 Å². The molecule has 0 saturated carbocycles. The first-order chi connectivity index (χ1) is 8.27. The summed E-state index contributed by atoms with van der Waals surface area (Å²) in [4.78, 5) is 25.3. The van der Waals surface area contributed by atoms with Gasteiger partial charge in [-0.25, -0.2) is 4.79 Å². The molecule has 0 rings (SSSR count). The third kappa shape index (κ3) is 5.46. The van der Waals surface area contributed by atoms with E-state index in [-0.39, 0.29) is 12.2 Å². The molecule has 4 nitrogen and oxygen atoms in total. The van der Waals surface area contributed by atoms with E-state index < -0.39 is 15.5 Å². The van der Waals surface area contributed by atoms with Crippen LogP contribution in [0, 0.1) is 0 Å². The van der Waals surface area contributed by atoms with Crippen molar-refractivity contribution in [3.05, 3.63) is 11.8 Å². The zero-order valence-electron chi connectivity index (χ0n) is 10.5. The Labute approximate surface area is 122 Å². The van der Waals surface area contributed by atoms with Gasteiger partial charge < -0.3 is 9.64 Å². The fraction of sp³-hybridized carbons (Fsp3) is 0.636. The molecule has 0 aliphatic heterocycles.